The summed E-state index contributed by atoms with van der Waals surface area (Å²) in [5.41, 5.74) is 1.62. The Hall–Kier alpha value is -1.71. The second-order valence-corrected chi connectivity index (χ2v) is 3.75. The van der Waals surface area contributed by atoms with E-state index in [2.05, 4.69) is 11.9 Å². The van der Waals surface area contributed by atoms with Gasteiger partial charge in [0.05, 0.1) is 7.11 Å². The fourth-order valence-corrected chi connectivity index (χ4v) is 1.61. The van der Waals surface area contributed by atoms with Crippen LogP contribution in [-0.2, 0) is 0 Å². The number of methoxy groups -OCH3 is 1. The van der Waals surface area contributed by atoms with Gasteiger partial charge in [0.2, 0.25) is 0 Å². The second-order valence-electron chi connectivity index (χ2n) is 3.75. The monoisotopic (exact) mass is 220 g/mol. The maximum Gasteiger partial charge on any atom is 0.298 e. The molecule has 86 valence electrons. The first kappa shape index (κ1) is 10.8. The third-order valence-corrected chi connectivity index (χ3v) is 2.47. The molecule has 0 atom stereocenters. The van der Waals surface area contributed by atoms with Crippen molar-refractivity contribution >= 4 is 17.1 Å². The maximum atomic E-state index is 5.66. The predicted molar refractivity (Wildman–Crippen MR) is 64.1 cm³/mol. The van der Waals surface area contributed by atoms with Gasteiger partial charge in [-0.05, 0) is 18.6 Å². The van der Waals surface area contributed by atoms with Gasteiger partial charge < -0.3 is 14.1 Å². The third-order valence-electron chi connectivity index (χ3n) is 2.47. The van der Waals surface area contributed by atoms with Gasteiger partial charge in [-0.15, -0.1) is 0 Å². The summed E-state index contributed by atoms with van der Waals surface area (Å²) in [6.45, 7) is 3.06. The molecule has 0 unspecified atom stereocenters. The van der Waals surface area contributed by atoms with Gasteiger partial charge in [0.25, 0.3) is 6.01 Å². The summed E-state index contributed by atoms with van der Waals surface area (Å²) in [6.07, 6.45) is 1.07. The molecule has 1 heterocycles. The minimum Gasteiger partial charge on any atom is -0.497 e. The van der Waals surface area contributed by atoms with Crippen LogP contribution in [0, 0.1) is 0 Å². The number of oxazole rings is 1. The zero-order valence-corrected chi connectivity index (χ0v) is 9.86. The Morgan fingerprint density at radius 3 is 2.94 bits per heavy atom. The quantitative estimate of drug-likeness (QED) is 0.794. The van der Waals surface area contributed by atoms with Crippen LogP contribution in [0.15, 0.2) is 22.6 Å². The van der Waals surface area contributed by atoms with E-state index >= 15 is 0 Å². The highest BCUT2D eigenvalue weighted by atomic mass is 16.5. The summed E-state index contributed by atoms with van der Waals surface area (Å²) < 4.78 is 10.8. The first-order valence-corrected chi connectivity index (χ1v) is 5.40. The molecule has 0 amide bonds. The van der Waals surface area contributed by atoms with E-state index in [1.54, 1.807) is 7.11 Å². The van der Waals surface area contributed by atoms with Crippen LogP contribution < -0.4 is 9.64 Å². The molecule has 2 aromatic rings. The van der Waals surface area contributed by atoms with Crippen LogP contribution in [0.5, 0.6) is 5.75 Å². The first-order chi connectivity index (χ1) is 7.74. The van der Waals surface area contributed by atoms with E-state index in [1.165, 1.54) is 0 Å². The van der Waals surface area contributed by atoms with Gasteiger partial charge in [-0.2, -0.15) is 4.98 Å². The zero-order chi connectivity index (χ0) is 11.5. The van der Waals surface area contributed by atoms with Crippen molar-refractivity contribution in [3.8, 4) is 5.75 Å². The molecule has 0 aliphatic rings. The van der Waals surface area contributed by atoms with Crippen molar-refractivity contribution < 1.29 is 9.15 Å². The van der Waals surface area contributed by atoms with E-state index in [1.807, 2.05) is 30.1 Å². The van der Waals surface area contributed by atoms with Crippen molar-refractivity contribution in [1.29, 1.82) is 0 Å². The van der Waals surface area contributed by atoms with Gasteiger partial charge in [-0.3, -0.25) is 0 Å². The summed E-state index contributed by atoms with van der Waals surface area (Å²) in [4.78, 5) is 6.42. The Morgan fingerprint density at radius 2 is 2.25 bits per heavy atom. The minimum absolute atomic E-state index is 0.658. The van der Waals surface area contributed by atoms with E-state index in [0.29, 0.717) is 6.01 Å². The fraction of sp³-hybridized carbons (Fsp3) is 0.417. The van der Waals surface area contributed by atoms with Crippen LogP contribution >= 0.6 is 0 Å². The number of rotatable bonds is 4. The van der Waals surface area contributed by atoms with Crippen molar-refractivity contribution in [3.05, 3.63) is 18.2 Å². The van der Waals surface area contributed by atoms with E-state index in [4.69, 9.17) is 9.15 Å². The van der Waals surface area contributed by atoms with E-state index in [-0.39, 0.29) is 0 Å². The highest BCUT2D eigenvalue weighted by Gasteiger charge is 2.09. The molecule has 4 heteroatoms. The molecule has 0 radical (unpaired) electrons. The molecule has 0 N–H and O–H groups in total. The van der Waals surface area contributed by atoms with Gasteiger partial charge in [0.15, 0.2) is 5.58 Å². The minimum atomic E-state index is 0.658. The molecule has 0 spiro atoms. The average molecular weight is 220 g/mol. The van der Waals surface area contributed by atoms with Gasteiger partial charge in [0, 0.05) is 19.7 Å². The summed E-state index contributed by atoms with van der Waals surface area (Å²) in [7, 11) is 3.62. The van der Waals surface area contributed by atoms with Crippen molar-refractivity contribution in [3.63, 3.8) is 0 Å². The molecule has 1 aromatic heterocycles. The van der Waals surface area contributed by atoms with Gasteiger partial charge >= 0.3 is 0 Å². The number of hydrogen-bond acceptors (Lipinski definition) is 4. The van der Waals surface area contributed by atoms with Gasteiger partial charge in [0.1, 0.15) is 11.3 Å². The van der Waals surface area contributed by atoms with Crippen LogP contribution in [0.3, 0.4) is 0 Å². The Morgan fingerprint density at radius 1 is 1.44 bits per heavy atom. The van der Waals surface area contributed by atoms with E-state index in [0.717, 1.165) is 29.8 Å². The van der Waals surface area contributed by atoms with E-state index < -0.39 is 0 Å². The zero-order valence-electron chi connectivity index (χ0n) is 9.86. The lowest BCUT2D eigenvalue weighted by Gasteiger charge is -2.11. The van der Waals surface area contributed by atoms with E-state index in [9.17, 15) is 0 Å². The summed E-state index contributed by atoms with van der Waals surface area (Å²) in [5.74, 6) is 0.786. The normalized spacial score (nSPS) is 10.7. The standard InChI is InChI=1S/C12H16N2O2/c1-4-7-14(2)12-13-10-6-5-9(15-3)8-11(10)16-12/h5-6,8H,4,7H2,1-3H3. The Bertz CT molecular complexity index is 479. The van der Waals surface area contributed by atoms with Gasteiger partial charge in [-0.1, -0.05) is 6.92 Å². The van der Waals surface area contributed by atoms with Crippen molar-refractivity contribution in [2.75, 3.05) is 25.6 Å². The molecule has 0 aliphatic heterocycles. The highest BCUT2D eigenvalue weighted by Crippen LogP contribution is 2.24. The van der Waals surface area contributed by atoms with Crippen molar-refractivity contribution in [2.45, 2.75) is 13.3 Å². The third kappa shape index (κ3) is 1.96. The SMILES string of the molecule is CCCN(C)c1nc2ccc(OC)cc2o1. The lowest BCUT2D eigenvalue weighted by Crippen LogP contribution is -2.17. The van der Waals surface area contributed by atoms with Crippen LogP contribution in [0.2, 0.25) is 0 Å². The van der Waals surface area contributed by atoms with Crippen LogP contribution in [-0.4, -0.2) is 25.7 Å². The molecular formula is C12H16N2O2. The number of aromatic nitrogens is 1. The number of nitrogens with zero attached hydrogens (tertiary/aromatic N) is 2. The first-order valence-electron chi connectivity index (χ1n) is 5.40. The smallest absolute Gasteiger partial charge is 0.298 e. The predicted octanol–water partition coefficient (Wildman–Crippen LogP) is 2.68. The molecule has 0 aliphatic carbocycles. The Balaban J connectivity index is 2.35. The molecule has 0 bridgehead atoms. The molecule has 1 aromatic carbocycles. The molecule has 0 saturated heterocycles. The lowest BCUT2D eigenvalue weighted by molar-refractivity contribution is 0.414. The Labute approximate surface area is 94.8 Å². The van der Waals surface area contributed by atoms with Crippen LogP contribution in [0.1, 0.15) is 13.3 Å². The molecule has 16 heavy (non-hydrogen) atoms. The molecular weight excluding hydrogens is 204 g/mol. The number of anilines is 1. The molecule has 0 saturated carbocycles. The van der Waals surface area contributed by atoms with Crippen molar-refractivity contribution in [2.24, 2.45) is 0 Å². The Kier molecular flexibility index (Phi) is 2.99. The number of fused-ring (bicyclic) bond motifs is 1. The largest absolute Gasteiger partial charge is 0.497 e. The lowest BCUT2D eigenvalue weighted by atomic mass is 10.3. The highest BCUT2D eigenvalue weighted by molar-refractivity contribution is 5.76. The average Bonchev–Trinajstić information content (AvgIpc) is 2.71. The fourth-order valence-electron chi connectivity index (χ4n) is 1.61. The summed E-state index contributed by atoms with van der Waals surface area (Å²) in [5, 5.41) is 0. The molecule has 2 rings (SSSR count). The second kappa shape index (κ2) is 4.43. The summed E-state index contributed by atoms with van der Waals surface area (Å²) in [6, 6.07) is 6.30. The summed E-state index contributed by atoms with van der Waals surface area (Å²) >= 11 is 0. The molecule has 0 fully saturated rings. The van der Waals surface area contributed by atoms with Crippen LogP contribution in [0.4, 0.5) is 6.01 Å². The molecule has 4 nitrogen and oxygen atoms in total. The van der Waals surface area contributed by atoms with Crippen LogP contribution in [0.25, 0.3) is 11.1 Å². The maximum absolute atomic E-state index is 5.66. The number of hydrogen-bond donors (Lipinski definition) is 0. The number of benzene rings is 1. The number of ether oxygens (including phenoxy) is 1. The topological polar surface area (TPSA) is 38.5 Å². The van der Waals surface area contributed by atoms with Crippen molar-refractivity contribution in [1.82, 2.24) is 4.98 Å². The van der Waals surface area contributed by atoms with Gasteiger partial charge in [-0.25, -0.2) is 0 Å².